The number of carboxylic acids is 1. The predicted molar refractivity (Wildman–Crippen MR) is 142 cm³/mol. The van der Waals surface area contributed by atoms with E-state index in [-0.39, 0.29) is 30.7 Å². The number of hydrogen-bond acceptors (Lipinski definition) is 8. The van der Waals surface area contributed by atoms with Crippen LogP contribution in [0.2, 0.25) is 0 Å². The Balaban J connectivity index is 1.44. The van der Waals surface area contributed by atoms with Crippen LogP contribution < -0.4 is 16.4 Å². The van der Waals surface area contributed by atoms with E-state index in [9.17, 15) is 32.4 Å². The maximum absolute atomic E-state index is 13.4. The van der Waals surface area contributed by atoms with Crippen LogP contribution in [0.5, 0.6) is 0 Å². The summed E-state index contributed by atoms with van der Waals surface area (Å²) in [5.74, 6) is -5.10. The highest BCUT2D eigenvalue weighted by Crippen LogP contribution is 2.31. The van der Waals surface area contributed by atoms with Gasteiger partial charge >= 0.3 is 5.97 Å². The minimum absolute atomic E-state index is 0.0498. The van der Waals surface area contributed by atoms with E-state index in [0.717, 1.165) is 4.31 Å². The second kappa shape index (κ2) is 12.4. The minimum Gasteiger partial charge on any atom is -0.480 e. The molecule has 0 radical (unpaired) electrons. The molecular weight excluding hydrogens is 542 g/mol. The van der Waals surface area contributed by atoms with Crippen LogP contribution in [0.15, 0.2) is 30.3 Å². The fourth-order valence-electron chi connectivity index (χ4n) is 5.83. The van der Waals surface area contributed by atoms with Gasteiger partial charge in [-0.15, -0.1) is 0 Å². The molecule has 0 bridgehead atoms. The van der Waals surface area contributed by atoms with Crippen LogP contribution >= 0.6 is 0 Å². The van der Waals surface area contributed by atoms with Gasteiger partial charge in [0.05, 0.1) is 12.3 Å². The van der Waals surface area contributed by atoms with Crippen molar-refractivity contribution in [3.63, 3.8) is 0 Å². The number of carbonyl (C=O) groups excluding carboxylic acids is 4. The van der Waals surface area contributed by atoms with Gasteiger partial charge < -0.3 is 26.4 Å². The number of carboxylic acid groups (broad SMARTS) is 1. The number of amides is 3. The largest absolute Gasteiger partial charge is 0.480 e. The summed E-state index contributed by atoms with van der Waals surface area (Å²) >= 11 is 0. The third-order valence-corrected chi connectivity index (χ3v) is 9.66. The Morgan fingerprint density at radius 2 is 1.70 bits per heavy atom. The lowest BCUT2D eigenvalue weighted by atomic mass is 9.80. The number of sulfonamides is 1. The molecule has 218 valence electrons. The summed E-state index contributed by atoms with van der Waals surface area (Å²) in [5, 5.41) is 13.6. The van der Waals surface area contributed by atoms with E-state index < -0.39 is 70.7 Å². The highest BCUT2D eigenvalue weighted by molar-refractivity contribution is 7.88. The quantitative estimate of drug-likeness (QED) is 0.251. The molecule has 3 fully saturated rings. The maximum Gasteiger partial charge on any atom is 0.322 e. The van der Waals surface area contributed by atoms with Crippen LogP contribution in [0.1, 0.15) is 44.1 Å². The lowest BCUT2D eigenvalue weighted by molar-refractivity contribution is -0.146. The molecule has 0 unspecified atom stereocenters. The third kappa shape index (κ3) is 6.85. The Labute approximate surface area is 232 Å². The molecule has 2 saturated heterocycles. The summed E-state index contributed by atoms with van der Waals surface area (Å²) in [6.45, 7) is -1.07. The molecule has 40 heavy (non-hydrogen) atoms. The molecule has 3 atom stereocenters. The molecule has 1 saturated carbocycles. The van der Waals surface area contributed by atoms with Gasteiger partial charge in [0, 0.05) is 18.6 Å². The van der Waals surface area contributed by atoms with Gasteiger partial charge in [0.25, 0.3) is 5.91 Å². The van der Waals surface area contributed by atoms with E-state index in [4.69, 9.17) is 10.8 Å². The SMILES string of the molecule is NC1CCC([C@H](NC(=O)[C@@H]2CC[C@H]3CN(S(=O)(=O)Cc4ccccc4)CC(=O)N32)C(=O)C(=O)NCC(=O)O)CC1. The molecule has 1 aliphatic carbocycles. The number of rotatable bonds is 10. The van der Waals surface area contributed by atoms with Crippen molar-refractivity contribution in [2.45, 2.75) is 68.4 Å². The Morgan fingerprint density at radius 1 is 1.02 bits per heavy atom. The van der Waals surface area contributed by atoms with E-state index in [1.54, 1.807) is 30.3 Å². The van der Waals surface area contributed by atoms with Crippen molar-refractivity contribution < 1.29 is 37.5 Å². The van der Waals surface area contributed by atoms with E-state index in [1.165, 1.54) is 4.90 Å². The highest BCUT2D eigenvalue weighted by atomic mass is 32.2. The topological polar surface area (TPSA) is 196 Å². The fourth-order valence-corrected chi connectivity index (χ4v) is 7.33. The summed E-state index contributed by atoms with van der Waals surface area (Å²) < 4.78 is 27.2. The van der Waals surface area contributed by atoms with E-state index in [0.29, 0.717) is 37.7 Å². The zero-order chi connectivity index (χ0) is 29.0. The van der Waals surface area contributed by atoms with Crippen LogP contribution in [0.3, 0.4) is 0 Å². The maximum atomic E-state index is 13.4. The minimum atomic E-state index is -3.77. The first-order valence-electron chi connectivity index (χ1n) is 13.4. The van der Waals surface area contributed by atoms with Gasteiger partial charge in [-0.1, -0.05) is 30.3 Å². The molecule has 3 amide bonds. The summed E-state index contributed by atoms with van der Waals surface area (Å²) in [4.78, 5) is 64.3. The number of ketones is 1. The second-order valence-electron chi connectivity index (χ2n) is 10.7. The average Bonchev–Trinajstić information content (AvgIpc) is 3.36. The molecule has 4 rings (SSSR count). The van der Waals surface area contributed by atoms with Gasteiger partial charge in [-0.25, -0.2) is 8.42 Å². The third-order valence-electron chi connectivity index (χ3n) is 7.90. The zero-order valence-electron chi connectivity index (χ0n) is 22.0. The van der Waals surface area contributed by atoms with Crippen LogP contribution in [-0.2, 0) is 39.7 Å². The number of nitrogens with two attached hydrogens (primary N) is 1. The van der Waals surface area contributed by atoms with Gasteiger partial charge in [0.2, 0.25) is 27.6 Å². The number of piperazine rings is 1. The van der Waals surface area contributed by atoms with Gasteiger partial charge in [-0.3, -0.25) is 24.0 Å². The van der Waals surface area contributed by atoms with Gasteiger partial charge in [-0.2, -0.15) is 4.31 Å². The van der Waals surface area contributed by atoms with Gasteiger partial charge in [0.1, 0.15) is 18.6 Å². The summed E-state index contributed by atoms with van der Waals surface area (Å²) in [6.07, 6.45) is 2.87. The number of hydrogen-bond donors (Lipinski definition) is 4. The monoisotopic (exact) mass is 577 g/mol. The number of nitrogens with zero attached hydrogens (tertiary/aromatic N) is 2. The first-order valence-corrected chi connectivity index (χ1v) is 15.0. The molecule has 2 heterocycles. The van der Waals surface area contributed by atoms with E-state index in [2.05, 4.69) is 10.6 Å². The lowest BCUT2D eigenvalue weighted by Crippen LogP contribution is -2.61. The lowest BCUT2D eigenvalue weighted by Gasteiger charge is -2.39. The van der Waals surface area contributed by atoms with Crippen molar-refractivity contribution in [3.05, 3.63) is 35.9 Å². The van der Waals surface area contributed by atoms with Crippen LogP contribution in [0.4, 0.5) is 0 Å². The Hall–Kier alpha value is -3.36. The first-order chi connectivity index (χ1) is 19.0. The van der Waals surface area contributed by atoms with Crippen molar-refractivity contribution in [2.75, 3.05) is 19.6 Å². The van der Waals surface area contributed by atoms with Crippen molar-refractivity contribution in [3.8, 4) is 0 Å². The summed E-state index contributed by atoms with van der Waals surface area (Å²) in [7, 11) is -3.77. The molecule has 5 N–H and O–H groups in total. The number of Topliss-reactive ketones (excluding diaryl/α,β-unsaturated/α-hetero) is 1. The molecule has 14 heteroatoms. The average molecular weight is 578 g/mol. The van der Waals surface area contributed by atoms with E-state index >= 15 is 0 Å². The van der Waals surface area contributed by atoms with Crippen LogP contribution in [0, 0.1) is 5.92 Å². The smallest absolute Gasteiger partial charge is 0.322 e. The number of aliphatic carboxylic acids is 1. The van der Waals surface area contributed by atoms with Gasteiger partial charge in [0.15, 0.2) is 0 Å². The van der Waals surface area contributed by atoms with Crippen LogP contribution in [-0.4, -0.2) is 96.0 Å². The first kappa shape index (κ1) is 29.6. The molecule has 3 aliphatic rings. The Bertz CT molecular complexity index is 1250. The molecule has 0 spiro atoms. The molecular formula is C26H35N5O8S. The van der Waals surface area contributed by atoms with Crippen molar-refractivity contribution in [1.29, 1.82) is 0 Å². The number of nitrogens with one attached hydrogen (secondary N) is 2. The zero-order valence-corrected chi connectivity index (χ0v) is 22.8. The van der Waals surface area contributed by atoms with E-state index in [1.807, 2.05) is 0 Å². The summed E-state index contributed by atoms with van der Waals surface area (Å²) in [5.41, 5.74) is 6.58. The molecule has 2 aliphatic heterocycles. The van der Waals surface area contributed by atoms with Crippen molar-refractivity contribution in [2.24, 2.45) is 11.7 Å². The normalized spacial score (nSPS) is 26.0. The van der Waals surface area contributed by atoms with Crippen molar-refractivity contribution >= 4 is 39.5 Å². The molecule has 0 aromatic heterocycles. The predicted octanol–water partition coefficient (Wildman–Crippen LogP) is -1.04. The standard InChI is InChI=1S/C26H35N5O8S/c27-18-8-6-17(7-9-18)23(24(35)26(37)28-12-22(33)34)29-25(36)20-11-10-19-13-30(14-21(32)31(19)20)40(38,39)15-16-4-2-1-3-5-16/h1-5,17-20,23H,6-15,27H2,(H,28,37)(H,29,36)(H,33,34)/t17?,18?,19-,20-,23-/m0/s1. The molecule has 13 nitrogen and oxygen atoms in total. The summed E-state index contributed by atoms with van der Waals surface area (Å²) in [6, 6.07) is 6.00. The number of carbonyl (C=O) groups is 5. The Morgan fingerprint density at radius 3 is 2.35 bits per heavy atom. The molecule has 1 aromatic carbocycles. The Kier molecular flexibility index (Phi) is 9.21. The van der Waals surface area contributed by atoms with Crippen LogP contribution in [0.25, 0.3) is 0 Å². The van der Waals surface area contributed by atoms with Gasteiger partial charge in [-0.05, 0) is 50.0 Å². The number of fused-ring (bicyclic) bond motifs is 1. The number of benzene rings is 1. The fraction of sp³-hybridized carbons (Fsp3) is 0.577. The van der Waals surface area contributed by atoms with Crippen molar-refractivity contribution in [1.82, 2.24) is 19.8 Å². The second-order valence-corrected chi connectivity index (χ2v) is 12.7. The highest BCUT2D eigenvalue weighted by Gasteiger charge is 2.48. The molecule has 1 aromatic rings.